The lowest BCUT2D eigenvalue weighted by Gasteiger charge is -2.19. The van der Waals surface area contributed by atoms with Gasteiger partial charge in [0.05, 0.1) is 5.41 Å². The lowest BCUT2D eigenvalue weighted by Crippen LogP contribution is -2.31. The van der Waals surface area contributed by atoms with E-state index < -0.39 is 17.4 Å². The van der Waals surface area contributed by atoms with Crippen LogP contribution in [0, 0.1) is 5.41 Å². The summed E-state index contributed by atoms with van der Waals surface area (Å²) in [5.74, 6) is -0.826. The summed E-state index contributed by atoms with van der Waals surface area (Å²) in [5, 5.41) is 0. The van der Waals surface area contributed by atoms with Crippen molar-refractivity contribution in [3.63, 3.8) is 0 Å². The fourth-order valence-corrected chi connectivity index (χ4v) is 1.07. The SMILES string of the molecule is CC1(C)CCCC(=O)ONOC1=O.Cl. The Bertz CT molecular complexity index is 229. The smallest absolute Gasteiger partial charge is 0.334 e. The molecule has 6 heteroatoms. The summed E-state index contributed by atoms with van der Waals surface area (Å²) >= 11 is 0. The molecule has 5 nitrogen and oxygen atoms in total. The molecule has 0 atom stereocenters. The van der Waals surface area contributed by atoms with Crippen LogP contribution in [0.4, 0.5) is 0 Å². The zero-order valence-corrected chi connectivity index (χ0v) is 8.98. The van der Waals surface area contributed by atoms with Gasteiger partial charge in [0.2, 0.25) is 0 Å². The van der Waals surface area contributed by atoms with Crippen LogP contribution in [0.5, 0.6) is 0 Å². The molecule has 0 amide bonds. The van der Waals surface area contributed by atoms with E-state index in [4.69, 9.17) is 0 Å². The molecule has 0 saturated carbocycles. The van der Waals surface area contributed by atoms with E-state index in [9.17, 15) is 9.59 Å². The molecule has 1 fully saturated rings. The molecule has 1 rings (SSSR count). The maximum absolute atomic E-state index is 11.3. The van der Waals surface area contributed by atoms with Crippen molar-refractivity contribution in [1.29, 1.82) is 0 Å². The zero-order valence-electron chi connectivity index (χ0n) is 8.16. The highest BCUT2D eigenvalue weighted by molar-refractivity contribution is 5.85. The van der Waals surface area contributed by atoms with Crippen molar-refractivity contribution in [1.82, 2.24) is 5.64 Å². The molecule has 1 aliphatic rings. The normalized spacial score (nSPS) is 21.9. The molecule has 14 heavy (non-hydrogen) atoms. The Morgan fingerprint density at radius 1 is 1.29 bits per heavy atom. The van der Waals surface area contributed by atoms with Gasteiger partial charge in [0.1, 0.15) is 0 Å². The molecule has 0 aromatic carbocycles. The Kier molecular flexibility index (Phi) is 4.87. The minimum atomic E-state index is -0.568. The fourth-order valence-electron chi connectivity index (χ4n) is 1.07. The summed E-state index contributed by atoms with van der Waals surface area (Å²) in [7, 11) is 0. The molecule has 1 saturated heterocycles. The Morgan fingerprint density at radius 2 is 1.93 bits per heavy atom. The van der Waals surface area contributed by atoms with Crippen molar-refractivity contribution in [3.8, 4) is 0 Å². The van der Waals surface area contributed by atoms with E-state index in [1.165, 1.54) is 0 Å². The Balaban J connectivity index is 0.00000169. The predicted octanol–water partition coefficient (Wildman–Crippen LogP) is 1.12. The van der Waals surface area contributed by atoms with E-state index in [0.29, 0.717) is 19.3 Å². The first-order valence-corrected chi connectivity index (χ1v) is 4.18. The summed E-state index contributed by atoms with van der Waals surface area (Å²) in [6.07, 6.45) is 1.54. The summed E-state index contributed by atoms with van der Waals surface area (Å²) in [6.45, 7) is 3.54. The lowest BCUT2D eigenvalue weighted by atomic mass is 9.87. The quantitative estimate of drug-likeness (QED) is 0.667. The van der Waals surface area contributed by atoms with Crippen LogP contribution in [0.3, 0.4) is 0 Å². The van der Waals surface area contributed by atoms with Gasteiger partial charge in [-0.25, -0.2) is 4.79 Å². The van der Waals surface area contributed by atoms with E-state index in [-0.39, 0.29) is 12.4 Å². The second kappa shape index (κ2) is 5.17. The van der Waals surface area contributed by atoms with Crippen molar-refractivity contribution in [2.24, 2.45) is 5.41 Å². The van der Waals surface area contributed by atoms with Gasteiger partial charge in [-0.15, -0.1) is 12.4 Å². The third-order valence-electron chi connectivity index (χ3n) is 2.03. The van der Waals surface area contributed by atoms with E-state index in [1.807, 2.05) is 5.64 Å². The number of rotatable bonds is 0. The third-order valence-corrected chi connectivity index (χ3v) is 2.03. The van der Waals surface area contributed by atoms with Crippen molar-refractivity contribution in [2.75, 3.05) is 0 Å². The van der Waals surface area contributed by atoms with Gasteiger partial charge in [0.15, 0.2) is 0 Å². The Hall–Kier alpha value is -0.810. The lowest BCUT2D eigenvalue weighted by molar-refractivity contribution is -0.203. The highest BCUT2D eigenvalue weighted by Crippen LogP contribution is 2.25. The number of carbonyl (C=O) groups excluding carboxylic acids is 2. The maximum atomic E-state index is 11.3. The van der Waals surface area contributed by atoms with E-state index in [1.54, 1.807) is 13.8 Å². The Labute approximate surface area is 88.4 Å². The number of hydrogen-bond acceptors (Lipinski definition) is 5. The minimum absolute atomic E-state index is 0. The average Bonchev–Trinajstić information content (AvgIpc) is 2.06. The van der Waals surface area contributed by atoms with Crippen molar-refractivity contribution in [3.05, 3.63) is 0 Å². The van der Waals surface area contributed by atoms with Crippen LogP contribution in [-0.4, -0.2) is 11.9 Å². The first-order chi connectivity index (χ1) is 6.02. The first-order valence-electron chi connectivity index (χ1n) is 4.18. The summed E-state index contributed by atoms with van der Waals surface area (Å²) < 4.78 is 0. The van der Waals surface area contributed by atoms with E-state index in [0.717, 1.165) is 0 Å². The number of nitrogens with one attached hydrogen (secondary N) is 1. The van der Waals surface area contributed by atoms with Crippen LogP contribution in [-0.2, 0) is 19.3 Å². The Morgan fingerprint density at radius 3 is 2.57 bits per heavy atom. The van der Waals surface area contributed by atoms with Crippen molar-refractivity contribution in [2.45, 2.75) is 33.1 Å². The molecule has 0 radical (unpaired) electrons. The van der Waals surface area contributed by atoms with Gasteiger partial charge in [-0.3, -0.25) is 4.79 Å². The second-order valence-corrected chi connectivity index (χ2v) is 3.68. The fraction of sp³-hybridized carbons (Fsp3) is 0.750. The predicted molar refractivity (Wildman–Crippen MR) is 50.2 cm³/mol. The van der Waals surface area contributed by atoms with Gasteiger partial charge in [-0.05, 0) is 26.7 Å². The van der Waals surface area contributed by atoms with Crippen LogP contribution in [0.15, 0.2) is 0 Å². The third kappa shape index (κ3) is 3.51. The topological polar surface area (TPSA) is 64.6 Å². The highest BCUT2D eigenvalue weighted by atomic mass is 35.5. The van der Waals surface area contributed by atoms with E-state index >= 15 is 0 Å². The molecule has 0 aliphatic carbocycles. The van der Waals surface area contributed by atoms with Gasteiger partial charge >= 0.3 is 11.9 Å². The monoisotopic (exact) mass is 223 g/mol. The average molecular weight is 224 g/mol. The molecule has 0 bridgehead atoms. The highest BCUT2D eigenvalue weighted by Gasteiger charge is 2.31. The van der Waals surface area contributed by atoms with Crippen LogP contribution >= 0.6 is 12.4 Å². The molecule has 0 aromatic heterocycles. The molecular weight excluding hydrogens is 210 g/mol. The first kappa shape index (κ1) is 13.2. The van der Waals surface area contributed by atoms with Crippen LogP contribution in [0.2, 0.25) is 0 Å². The summed E-state index contributed by atoms with van der Waals surface area (Å²) in [4.78, 5) is 31.0. The summed E-state index contributed by atoms with van der Waals surface area (Å²) in [5.41, 5.74) is 1.31. The van der Waals surface area contributed by atoms with Crippen LogP contribution < -0.4 is 5.64 Å². The van der Waals surface area contributed by atoms with Gasteiger partial charge < -0.3 is 9.68 Å². The second-order valence-electron chi connectivity index (χ2n) is 3.68. The molecule has 0 spiro atoms. The maximum Gasteiger partial charge on any atom is 0.334 e. The molecular formula is C8H14ClNO4. The molecule has 1 aliphatic heterocycles. The molecule has 0 aromatic rings. The summed E-state index contributed by atoms with van der Waals surface area (Å²) in [6, 6.07) is 0. The van der Waals surface area contributed by atoms with Crippen LogP contribution in [0.25, 0.3) is 0 Å². The zero-order chi connectivity index (χ0) is 9.90. The molecule has 1 heterocycles. The van der Waals surface area contributed by atoms with Gasteiger partial charge in [0, 0.05) is 12.1 Å². The number of halogens is 1. The van der Waals surface area contributed by atoms with Crippen molar-refractivity contribution < 1.29 is 19.3 Å². The van der Waals surface area contributed by atoms with Gasteiger partial charge in [-0.1, -0.05) is 0 Å². The number of carbonyl (C=O) groups is 2. The number of hydrogen-bond donors (Lipinski definition) is 1. The largest absolute Gasteiger partial charge is 0.336 e. The minimum Gasteiger partial charge on any atom is -0.336 e. The van der Waals surface area contributed by atoms with E-state index in [2.05, 4.69) is 9.68 Å². The van der Waals surface area contributed by atoms with Gasteiger partial charge in [0.25, 0.3) is 0 Å². The molecule has 82 valence electrons. The molecule has 1 N–H and O–H groups in total. The van der Waals surface area contributed by atoms with Crippen LogP contribution in [0.1, 0.15) is 33.1 Å². The van der Waals surface area contributed by atoms with Crippen molar-refractivity contribution >= 4 is 24.3 Å². The standard InChI is InChI=1S/C8H13NO4.ClH/c1-8(2)5-3-4-6(10)12-9-13-7(8)11;/h9H,3-5H2,1-2H3;1H. The molecule has 0 unspecified atom stereocenters. The van der Waals surface area contributed by atoms with Gasteiger partial charge in [-0.2, -0.15) is 0 Å².